The molecule has 0 amide bonds. The standard InChI is InChI=1S/C20H37NO3Si/c1-14(2)25(15(3)4,16(5)6)24-13-19-20(23-7)12-17-11-18(22)9-8-10-21(17)19/h9,14-17,20H,8,10-13H2,1-7H3/p+1. The summed E-state index contributed by atoms with van der Waals surface area (Å²) >= 11 is 0. The molecule has 2 rings (SSSR count). The summed E-state index contributed by atoms with van der Waals surface area (Å²) in [5.74, 6) is 0.528. The summed E-state index contributed by atoms with van der Waals surface area (Å²) in [7, 11) is -0.0892. The van der Waals surface area contributed by atoms with Gasteiger partial charge in [-0.15, -0.1) is 0 Å². The second-order valence-electron chi connectivity index (χ2n) is 8.59. The maximum Gasteiger partial charge on any atom is 0.206 e. The average Bonchev–Trinajstić information content (AvgIpc) is 2.73. The van der Waals surface area contributed by atoms with E-state index in [4.69, 9.17) is 9.16 Å². The minimum atomic E-state index is -1.89. The highest BCUT2D eigenvalue weighted by atomic mass is 28.4. The zero-order valence-electron chi connectivity index (χ0n) is 17.2. The van der Waals surface area contributed by atoms with Gasteiger partial charge >= 0.3 is 0 Å². The fourth-order valence-electron chi connectivity index (χ4n) is 5.25. The monoisotopic (exact) mass is 368 g/mol. The molecular weight excluding hydrogens is 330 g/mol. The first-order valence-electron chi connectivity index (χ1n) is 9.91. The minimum Gasteiger partial charge on any atom is -0.512 e. The van der Waals surface area contributed by atoms with E-state index < -0.39 is 8.32 Å². The Hall–Kier alpha value is -0.653. The van der Waals surface area contributed by atoms with Crippen LogP contribution in [0.3, 0.4) is 0 Å². The Morgan fingerprint density at radius 3 is 2.28 bits per heavy atom. The van der Waals surface area contributed by atoms with Crippen molar-refractivity contribution >= 4 is 14.0 Å². The Balaban J connectivity index is 2.26. The number of nitrogens with zero attached hydrogens (tertiary/aromatic N) is 1. The lowest BCUT2D eigenvalue weighted by Gasteiger charge is -2.42. The van der Waals surface area contributed by atoms with Crippen LogP contribution in [0.4, 0.5) is 0 Å². The Bertz CT molecular complexity index is 503. The molecule has 2 heterocycles. The number of aliphatic hydroxyl groups is 1. The fraction of sp³-hybridized carbons (Fsp3) is 0.850. The van der Waals surface area contributed by atoms with Gasteiger partial charge in [0, 0.05) is 20.0 Å². The lowest BCUT2D eigenvalue weighted by molar-refractivity contribution is -0.557. The van der Waals surface area contributed by atoms with Crippen LogP contribution in [0.1, 0.15) is 60.8 Å². The lowest BCUT2D eigenvalue weighted by atomic mass is 10.1. The highest BCUT2D eigenvalue weighted by Crippen LogP contribution is 2.42. The van der Waals surface area contributed by atoms with Crippen LogP contribution in [0.2, 0.25) is 16.6 Å². The van der Waals surface area contributed by atoms with Crippen LogP contribution in [0, 0.1) is 0 Å². The first-order chi connectivity index (χ1) is 11.7. The number of aliphatic hydroxyl groups excluding tert-OH is 1. The first-order valence-corrected chi connectivity index (χ1v) is 12.0. The summed E-state index contributed by atoms with van der Waals surface area (Å²) in [5, 5.41) is 10.0. The molecular formula is C20H38NO3Si+. The molecule has 2 unspecified atom stereocenters. The molecule has 0 radical (unpaired) electrons. The van der Waals surface area contributed by atoms with E-state index in [0.29, 0.717) is 35.0 Å². The molecule has 0 spiro atoms. The third kappa shape index (κ3) is 4.04. The second-order valence-corrected chi connectivity index (χ2v) is 14.1. The van der Waals surface area contributed by atoms with Crippen molar-refractivity contribution in [2.45, 2.75) is 89.6 Å². The number of methoxy groups -OCH3 is 1. The molecule has 0 saturated heterocycles. The molecule has 2 aliphatic heterocycles. The van der Waals surface area contributed by atoms with Crippen LogP contribution in [-0.4, -0.2) is 56.1 Å². The summed E-state index contributed by atoms with van der Waals surface area (Å²) in [4.78, 5) is 0. The van der Waals surface area contributed by atoms with Crippen molar-refractivity contribution in [1.82, 2.24) is 0 Å². The molecule has 0 aliphatic carbocycles. The number of hydrogen-bond acceptors (Lipinski definition) is 3. The number of ether oxygens (including phenoxy) is 1. The number of rotatable bonds is 7. The van der Waals surface area contributed by atoms with Crippen LogP contribution in [-0.2, 0) is 9.16 Å². The molecule has 4 nitrogen and oxygen atoms in total. The summed E-state index contributed by atoms with van der Waals surface area (Å²) in [6, 6.07) is 0.343. The lowest BCUT2D eigenvalue weighted by Crippen LogP contribution is -2.49. The molecule has 5 heteroatoms. The predicted molar refractivity (Wildman–Crippen MR) is 106 cm³/mol. The summed E-state index contributed by atoms with van der Waals surface area (Å²) in [5.41, 5.74) is 3.04. The molecule has 0 bridgehead atoms. The van der Waals surface area contributed by atoms with E-state index in [0.717, 1.165) is 25.8 Å². The SMILES string of the molecule is COC1CC2CC(O)=CCC[N+]2=C1CO[Si](C(C)C)(C(C)C)C(C)C. The van der Waals surface area contributed by atoms with E-state index in [9.17, 15) is 5.11 Å². The number of fused-ring (bicyclic) bond motifs is 1. The van der Waals surface area contributed by atoms with Crippen LogP contribution in [0.25, 0.3) is 0 Å². The molecule has 0 aromatic heterocycles. The van der Waals surface area contributed by atoms with Gasteiger partial charge in [0.25, 0.3) is 0 Å². The van der Waals surface area contributed by atoms with Crippen LogP contribution < -0.4 is 0 Å². The van der Waals surface area contributed by atoms with E-state index in [-0.39, 0.29) is 6.10 Å². The smallest absolute Gasteiger partial charge is 0.206 e. The van der Waals surface area contributed by atoms with E-state index in [1.54, 1.807) is 7.11 Å². The molecule has 1 N–H and O–H groups in total. The first kappa shape index (κ1) is 20.7. The van der Waals surface area contributed by atoms with Crippen LogP contribution in [0.15, 0.2) is 11.8 Å². The highest BCUT2D eigenvalue weighted by Gasteiger charge is 2.48. The topological polar surface area (TPSA) is 41.7 Å². The van der Waals surface area contributed by atoms with Gasteiger partial charge in [-0.05, 0) is 22.7 Å². The maximum absolute atomic E-state index is 10.0. The van der Waals surface area contributed by atoms with Crippen LogP contribution in [0.5, 0.6) is 0 Å². The summed E-state index contributed by atoms with van der Waals surface area (Å²) in [6.45, 7) is 15.6. The molecule has 2 atom stereocenters. The molecule has 0 aromatic rings. The highest BCUT2D eigenvalue weighted by molar-refractivity contribution is 6.77. The zero-order chi connectivity index (χ0) is 18.8. The molecule has 0 saturated carbocycles. The molecule has 2 aliphatic rings. The fourth-order valence-corrected chi connectivity index (χ4v) is 10.6. The normalized spacial score (nSPS) is 25.0. The largest absolute Gasteiger partial charge is 0.512 e. The van der Waals surface area contributed by atoms with Gasteiger partial charge in [0.05, 0.1) is 12.2 Å². The molecule has 0 aromatic carbocycles. The maximum atomic E-state index is 10.0. The second kappa shape index (κ2) is 8.36. The van der Waals surface area contributed by atoms with E-state index >= 15 is 0 Å². The summed E-state index contributed by atoms with van der Waals surface area (Å²) in [6.07, 6.45) is 4.66. The van der Waals surface area contributed by atoms with Gasteiger partial charge < -0.3 is 14.3 Å². The third-order valence-electron chi connectivity index (χ3n) is 6.32. The third-order valence-corrected chi connectivity index (χ3v) is 12.4. The quantitative estimate of drug-likeness (QED) is 0.525. The van der Waals surface area contributed by atoms with Crippen LogP contribution >= 0.6 is 0 Å². The van der Waals surface area contributed by atoms with E-state index in [1.165, 1.54) is 5.71 Å². The van der Waals surface area contributed by atoms with Gasteiger partial charge in [0.15, 0.2) is 6.04 Å². The van der Waals surface area contributed by atoms with E-state index in [1.807, 2.05) is 6.08 Å². The van der Waals surface area contributed by atoms with Crippen molar-refractivity contribution in [3.63, 3.8) is 0 Å². The Morgan fingerprint density at radius 1 is 1.16 bits per heavy atom. The number of hydrogen-bond donors (Lipinski definition) is 1. The predicted octanol–water partition coefficient (Wildman–Crippen LogP) is 4.66. The Morgan fingerprint density at radius 2 is 1.76 bits per heavy atom. The molecule has 0 fully saturated rings. The van der Waals surface area contributed by atoms with Gasteiger partial charge in [0.2, 0.25) is 14.0 Å². The molecule has 144 valence electrons. The molecule has 25 heavy (non-hydrogen) atoms. The van der Waals surface area contributed by atoms with Crippen molar-refractivity contribution in [3.05, 3.63) is 11.8 Å². The Labute approximate surface area is 155 Å². The van der Waals surface area contributed by atoms with Gasteiger partial charge in [-0.25, -0.2) is 4.58 Å². The van der Waals surface area contributed by atoms with Crippen molar-refractivity contribution in [2.75, 3.05) is 20.3 Å². The zero-order valence-corrected chi connectivity index (χ0v) is 18.2. The van der Waals surface area contributed by atoms with Gasteiger partial charge in [-0.2, -0.15) is 0 Å². The van der Waals surface area contributed by atoms with Gasteiger partial charge in [-0.3, -0.25) is 0 Å². The Kier molecular flexibility index (Phi) is 6.91. The van der Waals surface area contributed by atoms with Crippen molar-refractivity contribution in [2.24, 2.45) is 0 Å². The van der Waals surface area contributed by atoms with Crippen molar-refractivity contribution in [3.8, 4) is 0 Å². The van der Waals surface area contributed by atoms with Crippen molar-refractivity contribution in [1.29, 1.82) is 0 Å². The van der Waals surface area contributed by atoms with Crippen molar-refractivity contribution < 1.29 is 18.8 Å². The minimum absolute atomic E-state index is 0.120. The van der Waals surface area contributed by atoms with Gasteiger partial charge in [0.1, 0.15) is 19.3 Å². The van der Waals surface area contributed by atoms with E-state index in [2.05, 4.69) is 46.1 Å². The van der Waals surface area contributed by atoms with Gasteiger partial charge in [-0.1, -0.05) is 41.5 Å². The summed E-state index contributed by atoms with van der Waals surface area (Å²) < 4.78 is 15.1. The average molecular weight is 369 g/mol.